The Hall–Kier alpha value is -2.73. The van der Waals surface area contributed by atoms with Gasteiger partial charge >= 0.3 is 0 Å². The van der Waals surface area contributed by atoms with Crippen LogP contribution in [0.4, 0.5) is 11.4 Å². The number of hydrogen-bond acceptors (Lipinski definition) is 4. The fourth-order valence-corrected chi connectivity index (χ4v) is 3.28. The number of para-hydroxylation sites is 2. The fourth-order valence-electron chi connectivity index (χ4n) is 3.01. The molecule has 0 spiro atoms. The van der Waals surface area contributed by atoms with Crippen LogP contribution in [0.3, 0.4) is 0 Å². The third-order valence-corrected chi connectivity index (χ3v) is 4.49. The van der Waals surface area contributed by atoms with Crippen molar-refractivity contribution in [2.75, 3.05) is 23.6 Å². The van der Waals surface area contributed by atoms with Crippen LogP contribution in [0.5, 0.6) is 11.5 Å². The highest BCUT2D eigenvalue weighted by molar-refractivity contribution is 6.33. The first-order valence-corrected chi connectivity index (χ1v) is 8.31. The maximum Gasteiger partial charge on any atom is 0.255 e. The lowest BCUT2D eigenvalue weighted by molar-refractivity contribution is -0.117. The molecule has 2 aromatic carbocycles. The minimum absolute atomic E-state index is 0.0628. The molecule has 25 heavy (non-hydrogen) atoms. The lowest BCUT2D eigenvalue weighted by Gasteiger charge is -2.20. The summed E-state index contributed by atoms with van der Waals surface area (Å²) in [5.74, 6) is 0.619. The number of hydrogen-bond donors (Lipinski definition) is 1. The van der Waals surface area contributed by atoms with E-state index in [1.165, 1.54) is 6.07 Å². The van der Waals surface area contributed by atoms with Gasteiger partial charge in [0.05, 0.1) is 16.4 Å². The molecule has 2 heterocycles. The van der Waals surface area contributed by atoms with Gasteiger partial charge < -0.3 is 19.7 Å². The van der Waals surface area contributed by atoms with Crippen molar-refractivity contribution in [2.45, 2.75) is 12.8 Å². The first-order chi connectivity index (χ1) is 12.1. The third-order valence-electron chi connectivity index (χ3n) is 4.21. The summed E-state index contributed by atoms with van der Waals surface area (Å²) in [7, 11) is 0. The van der Waals surface area contributed by atoms with Crippen molar-refractivity contribution in [3.63, 3.8) is 0 Å². The van der Waals surface area contributed by atoms with Gasteiger partial charge in [0.2, 0.25) is 12.7 Å². The SMILES string of the molecule is O=C(Nc1ccccc1N1CCCC1=O)c1cc(Cl)c2c(c1)OCO2. The number of anilines is 2. The molecular weight excluding hydrogens is 344 g/mol. The summed E-state index contributed by atoms with van der Waals surface area (Å²) in [6.07, 6.45) is 1.35. The Balaban J connectivity index is 1.62. The number of nitrogens with zero attached hydrogens (tertiary/aromatic N) is 1. The molecule has 2 aliphatic heterocycles. The second kappa shape index (κ2) is 6.29. The molecule has 0 unspecified atom stereocenters. The van der Waals surface area contributed by atoms with Crippen molar-refractivity contribution in [1.29, 1.82) is 0 Å². The molecule has 0 aromatic heterocycles. The van der Waals surface area contributed by atoms with Gasteiger partial charge in [-0.2, -0.15) is 0 Å². The Bertz CT molecular complexity index is 868. The predicted molar refractivity (Wildman–Crippen MR) is 93.6 cm³/mol. The molecule has 2 aliphatic rings. The number of rotatable bonds is 3. The summed E-state index contributed by atoms with van der Waals surface area (Å²) >= 11 is 6.14. The molecule has 6 nitrogen and oxygen atoms in total. The van der Waals surface area contributed by atoms with Gasteiger partial charge in [-0.05, 0) is 30.7 Å². The third kappa shape index (κ3) is 2.89. The van der Waals surface area contributed by atoms with Crippen LogP contribution in [0.15, 0.2) is 36.4 Å². The number of ether oxygens (including phenoxy) is 2. The second-order valence-corrected chi connectivity index (χ2v) is 6.22. The molecule has 2 aromatic rings. The van der Waals surface area contributed by atoms with E-state index in [2.05, 4.69) is 5.32 Å². The van der Waals surface area contributed by atoms with Crippen LogP contribution in [0, 0.1) is 0 Å². The topological polar surface area (TPSA) is 67.9 Å². The fraction of sp³-hybridized carbons (Fsp3) is 0.222. The molecule has 1 N–H and O–H groups in total. The molecular formula is C18H15ClN2O4. The van der Waals surface area contributed by atoms with E-state index in [4.69, 9.17) is 21.1 Å². The highest BCUT2D eigenvalue weighted by atomic mass is 35.5. The number of halogens is 1. The number of amides is 2. The van der Waals surface area contributed by atoms with E-state index in [0.29, 0.717) is 46.4 Å². The van der Waals surface area contributed by atoms with Gasteiger partial charge in [-0.1, -0.05) is 23.7 Å². The summed E-state index contributed by atoms with van der Waals surface area (Å²) in [5, 5.41) is 3.18. The number of carbonyl (C=O) groups excluding carboxylic acids is 2. The lowest BCUT2D eigenvalue weighted by atomic mass is 10.1. The van der Waals surface area contributed by atoms with Crippen LogP contribution in [-0.4, -0.2) is 25.2 Å². The van der Waals surface area contributed by atoms with E-state index >= 15 is 0 Å². The molecule has 1 fully saturated rings. The van der Waals surface area contributed by atoms with Crippen molar-refractivity contribution in [2.24, 2.45) is 0 Å². The summed E-state index contributed by atoms with van der Waals surface area (Å²) in [4.78, 5) is 26.4. The zero-order valence-corrected chi connectivity index (χ0v) is 14.0. The molecule has 0 atom stereocenters. The van der Waals surface area contributed by atoms with Crippen molar-refractivity contribution in [3.05, 3.63) is 47.0 Å². The Labute approximate surface area is 149 Å². The maximum atomic E-state index is 12.6. The summed E-state index contributed by atoms with van der Waals surface area (Å²) in [6.45, 7) is 0.738. The van der Waals surface area contributed by atoms with Gasteiger partial charge in [0.15, 0.2) is 11.5 Å². The minimum atomic E-state index is -0.334. The van der Waals surface area contributed by atoms with E-state index in [1.54, 1.807) is 17.0 Å². The summed E-state index contributed by atoms with van der Waals surface area (Å²) in [6, 6.07) is 10.4. The molecule has 0 saturated carbocycles. The van der Waals surface area contributed by atoms with Gasteiger partial charge in [0.1, 0.15) is 0 Å². The highest BCUT2D eigenvalue weighted by Crippen LogP contribution is 2.40. The van der Waals surface area contributed by atoms with Crippen LogP contribution in [0.25, 0.3) is 0 Å². The number of fused-ring (bicyclic) bond motifs is 1. The monoisotopic (exact) mass is 358 g/mol. The molecule has 0 bridgehead atoms. The number of nitrogens with one attached hydrogen (secondary N) is 1. The van der Waals surface area contributed by atoms with Gasteiger partial charge in [-0.3, -0.25) is 9.59 Å². The van der Waals surface area contributed by atoms with Crippen LogP contribution >= 0.6 is 11.6 Å². The zero-order valence-electron chi connectivity index (χ0n) is 13.3. The van der Waals surface area contributed by atoms with Crippen molar-refractivity contribution < 1.29 is 19.1 Å². The van der Waals surface area contributed by atoms with Crippen LogP contribution in [0.2, 0.25) is 5.02 Å². The predicted octanol–water partition coefficient (Wildman–Crippen LogP) is 3.45. The largest absolute Gasteiger partial charge is 0.454 e. The van der Waals surface area contributed by atoms with Gasteiger partial charge in [-0.15, -0.1) is 0 Å². The Kier molecular flexibility index (Phi) is 3.97. The van der Waals surface area contributed by atoms with Crippen LogP contribution in [-0.2, 0) is 4.79 Å². The quantitative estimate of drug-likeness (QED) is 0.912. The van der Waals surface area contributed by atoms with E-state index in [9.17, 15) is 9.59 Å². The van der Waals surface area contributed by atoms with Crippen LogP contribution in [0.1, 0.15) is 23.2 Å². The van der Waals surface area contributed by atoms with E-state index in [0.717, 1.165) is 6.42 Å². The second-order valence-electron chi connectivity index (χ2n) is 5.81. The highest BCUT2D eigenvalue weighted by Gasteiger charge is 2.25. The molecule has 0 aliphatic carbocycles. The first kappa shape index (κ1) is 15.8. The zero-order chi connectivity index (χ0) is 17.4. The van der Waals surface area contributed by atoms with Gasteiger partial charge in [0, 0.05) is 18.5 Å². The van der Waals surface area contributed by atoms with Gasteiger partial charge in [0.25, 0.3) is 5.91 Å². The van der Waals surface area contributed by atoms with Crippen molar-refractivity contribution >= 4 is 34.8 Å². The van der Waals surface area contributed by atoms with Gasteiger partial charge in [-0.25, -0.2) is 0 Å². The molecule has 4 rings (SSSR count). The van der Waals surface area contributed by atoms with E-state index in [1.807, 2.05) is 18.2 Å². The van der Waals surface area contributed by atoms with Crippen LogP contribution < -0.4 is 19.7 Å². The molecule has 1 saturated heterocycles. The first-order valence-electron chi connectivity index (χ1n) is 7.93. The van der Waals surface area contributed by atoms with E-state index in [-0.39, 0.29) is 18.6 Å². The smallest absolute Gasteiger partial charge is 0.255 e. The maximum absolute atomic E-state index is 12.6. The Morgan fingerprint density at radius 1 is 1.20 bits per heavy atom. The summed E-state index contributed by atoms with van der Waals surface area (Å²) < 4.78 is 10.6. The summed E-state index contributed by atoms with van der Waals surface area (Å²) in [5.41, 5.74) is 1.64. The van der Waals surface area contributed by atoms with Crippen molar-refractivity contribution in [3.8, 4) is 11.5 Å². The van der Waals surface area contributed by atoms with E-state index < -0.39 is 0 Å². The Morgan fingerprint density at radius 2 is 2.04 bits per heavy atom. The number of carbonyl (C=O) groups is 2. The molecule has 0 radical (unpaired) electrons. The minimum Gasteiger partial charge on any atom is -0.454 e. The normalized spacial score (nSPS) is 15.6. The average Bonchev–Trinajstić information content (AvgIpc) is 3.24. The average molecular weight is 359 g/mol. The standard InChI is InChI=1S/C18H15ClN2O4/c19-12-8-11(9-15-17(12)25-10-24-15)18(23)20-13-4-1-2-5-14(13)21-7-3-6-16(21)22/h1-2,4-5,8-9H,3,6-7,10H2,(H,20,23). The molecule has 7 heteroatoms. The Morgan fingerprint density at radius 3 is 2.84 bits per heavy atom. The molecule has 128 valence electrons. The lowest BCUT2D eigenvalue weighted by Crippen LogP contribution is -2.25. The van der Waals surface area contributed by atoms with Crippen molar-refractivity contribution in [1.82, 2.24) is 0 Å². The number of benzene rings is 2. The molecule has 2 amide bonds.